The van der Waals surface area contributed by atoms with E-state index in [1.165, 1.54) is 45.0 Å². The molecular weight excluding hydrogens is 598 g/mol. The number of phenolic OH excluding ortho intramolecular Hbond substituents is 1. The van der Waals surface area contributed by atoms with Gasteiger partial charge in [0.05, 0.1) is 6.61 Å². The number of carbonyl (C=O) groups excluding carboxylic acids is 2. The van der Waals surface area contributed by atoms with Gasteiger partial charge >= 0.3 is 29.6 Å². The molecule has 0 saturated heterocycles. The van der Waals surface area contributed by atoms with Crippen LogP contribution in [0.2, 0.25) is 0 Å². The van der Waals surface area contributed by atoms with Crippen LogP contribution in [-0.2, 0) is 11.9 Å². The van der Waals surface area contributed by atoms with Crippen LogP contribution in [0.5, 0.6) is 5.75 Å². The van der Waals surface area contributed by atoms with Crippen LogP contribution in [0.15, 0.2) is 72.8 Å². The Morgan fingerprint density at radius 1 is 0.595 bits per heavy atom. The fourth-order valence-electron chi connectivity index (χ4n) is 3.33. The van der Waals surface area contributed by atoms with E-state index in [4.69, 9.17) is 10.2 Å². The Morgan fingerprint density at radius 2 is 0.976 bits per heavy atom. The minimum Gasteiger partial charge on any atom is -1.00 e. The fraction of sp³-hybridized carbons (Fsp3) is 0.257. The summed E-state index contributed by atoms with van der Waals surface area (Å²) in [7, 11) is 0. The van der Waals surface area contributed by atoms with Crippen LogP contribution >= 0.6 is 15.9 Å². The number of aldehydes is 2. The molecule has 0 aliphatic rings. The van der Waals surface area contributed by atoms with Gasteiger partial charge in [0.15, 0.2) is 0 Å². The van der Waals surface area contributed by atoms with Crippen molar-refractivity contribution in [3.05, 3.63) is 134 Å². The second-order valence-electron chi connectivity index (χ2n) is 9.75. The third-order valence-electron chi connectivity index (χ3n) is 6.52. The van der Waals surface area contributed by atoms with E-state index in [0.717, 1.165) is 28.3 Å². The number of aromatic hydroxyl groups is 1. The van der Waals surface area contributed by atoms with Crippen LogP contribution in [0.25, 0.3) is 0 Å². The Morgan fingerprint density at radius 3 is 1.36 bits per heavy atom. The van der Waals surface area contributed by atoms with Crippen LogP contribution in [-0.4, -0.2) is 31.2 Å². The summed E-state index contributed by atoms with van der Waals surface area (Å²) in [5.41, 5.74) is 12.0. The van der Waals surface area contributed by atoms with Crippen molar-refractivity contribution in [3.63, 3.8) is 0 Å². The first kappa shape index (κ1) is 41.7. The first-order valence-corrected chi connectivity index (χ1v) is 14.1. The number of hydrogen-bond acceptors (Lipinski definition) is 4. The van der Waals surface area contributed by atoms with Gasteiger partial charge in [0.25, 0.3) is 0 Å². The molecule has 0 saturated carbocycles. The summed E-state index contributed by atoms with van der Waals surface area (Å²) < 4.78 is 0. The summed E-state index contributed by atoms with van der Waals surface area (Å²) in [4.78, 5) is 20.4. The molecule has 7 heteroatoms. The molecule has 3 radical (unpaired) electrons. The molecule has 0 fully saturated rings. The molecule has 217 valence electrons. The summed E-state index contributed by atoms with van der Waals surface area (Å²) >= 11 is 3.42. The zero-order chi connectivity index (χ0) is 30.2. The number of alkyl halides is 1. The van der Waals surface area contributed by atoms with E-state index in [-0.39, 0.29) is 51.8 Å². The van der Waals surface area contributed by atoms with Crippen LogP contribution in [0.3, 0.4) is 0 Å². The van der Waals surface area contributed by atoms with Gasteiger partial charge in [-0.1, -0.05) is 76.6 Å². The van der Waals surface area contributed by atoms with Crippen molar-refractivity contribution in [2.75, 3.05) is 0 Å². The molecule has 0 spiro atoms. The average molecular weight is 640 g/mol. The summed E-state index contributed by atoms with van der Waals surface area (Å²) in [5.74, 6) is 0.171. The maximum Gasteiger partial charge on any atom is 1.00 e. The molecule has 4 aromatic rings. The monoisotopic (exact) mass is 639 g/mol. The quantitative estimate of drug-likeness (QED) is 0.179. The van der Waals surface area contributed by atoms with Gasteiger partial charge in [0.2, 0.25) is 0 Å². The van der Waals surface area contributed by atoms with Crippen LogP contribution in [0, 0.1) is 48.5 Å². The standard InChI is InChI=1S/C9H11Br.C9H12O.C9H10O.C8H8O2.B.Na.H/c3*1-7-3-4-9(6-10)5-8(7)2;1-6-2-3-7(5-9)4-8(6)10;;;/h3-5H,6H2,1-2H3;3-5,10H,6H2,1-2H3;3-6H,1-2H3;2-5,10H,1H3;;;/q;;;;;+1;-1. The second kappa shape index (κ2) is 22.1. The number of aliphatic hydroxyl groups excluding tert-OH is 1. The van der Waals surface area contributed by atoms with Crippen molar-refractivity contribution in [1.29, 1.82) is 0 Å². The molecule has 0 atom stereocenters. The van der Waals surface area contributed by atoms with Crippen molar-refractivity contribution in [2.24, 2.45) is 0 Å². The molecule has 0 aliphatic carbocycles. The first-order chi connectivity index (χ1) is 18.9. The molecule has 4 nitrogen and oxygen atoms in total. The predicted octanol–water partition coefficient (Wildman–Crippen LogP) is 5.36. The number of benzene rings is 4. The van der Waals surface area contributed by atoms with E-state index in [1.54, 1.807) is 19.1 Å². The van der Waals surface area contributed by atoms with Gasteiger partial charge in [-0.05, 0) is 111 Å². The molecule has 2 N–H and O–H groups in total. The maximum absolute atomic E-state index is 10.3. The van der Waals surface area contributed by atoms with Gasteiger partial charge in [0, 0.05) is 24.9 Å². The normalized spacial score (nSPS) is 9.17. The Balaban J connectivity index is -0.000000485. The number of aliphatic hydroxyl groups is 1. The van der Waals surface area contributed by atoms with Gasteiger partial charge < -0.3 is 11.6 Å². The number of halogens is 1. The minimum atomic E-state index is 0. The Bertz CT molecular complexity index is 1310. The number of carbonyl (C=O) groups is 2. The average Bonchev–Trinajstić information content (AvgIpc) is 2.95. The molecule has 0 amide bonds. The molecule has 0 heterocycles. The SMILES string of the molecule is Cc1ccc(C=O)cc1C.Cc1ccc(C=O)cc1O.Cc1ccc(CBr)cc1C.Cc1ccc(CO)cc1C.[B].[H-].[Na+]. The largest absolute Gasteiger partial charge is 1.00 e. The van der Waals surface area contributed by atoms with Crippen molar-refractivity contribution in [1.82, 2.24) is 0 Å². The summed E-state index contributed by atoms with van der Waals surface area (Å²) in [5, 5.41) is 18.8. The number of aryl methyl sites for hydroxylation is 7. The first-order valence-electron chi connectivity index (χ1n) is 13.0. The van der Waals surface area contributed by atoms with Gasteiger partial charge in [-0.2, -0.15) is 0 Å². The second-order valence-corrected chi connectivity index (χ2v) is 10.3. The van der Waals surface area contributed by atoms with Crippen molar-refractivity contribution < 1.29 is 50.8 Å². The van der Waals surface area contributed by atoms with Crippen LogP contribution in [0.1, 0.15) is 72.2 Å². The third-order valence-corrected chi connectivity index (χ3v) is 7.16. The van der Waals surface area contributed by atoms with E-state index in [9.17, 15) is 9.59 Å². The molecule has 0 unspecified atom stereocenters. The third kappa shape index (κ3) is 15.1. The Labute approximate surface area is 286 Å². The topological polar surface area (TPSA) is 74.6 Å². The molecular formula is C35H42BBrNaO4. The van der Waals surface area contributed by atoms with Gasteiger partial charge in [-0.3, -0.25) is 9.59 Å². The molecule has 4 aromatic carbocycles. The molecule has 0 bridgehead atoms. The van der Waals surface area contributed by atoms with Gasteiger partial charge in [-0.25, -0.2) is 0 Å². The van der Waals surface area contributed by atoms with Gasteiger partial charge in [-0.15, -0.1) is 0 Å². The number of hydrogen-bond donors (Lipinski definition) is 2. The molecule has 4 rings (SSSR count). The van der Waals surface area contributed by atoms with Crippen molar-refractivity contribution in [3.8, 4) is 5.75 Å². The summed E-state index contributed by atoms with van der Waals surface area (Å²) in [6.07, 6.45) is 1.58. The van der Waals surface area contributed by atoms with Crippen molar-refractivity contribution >= 4 is 36.9 Å². The predicted molar refractivity (Wildman–Crippen MR) is 177 cm³/mol. The van der Waals surface area contributed by atoms with Crippen LogP contribution in [0.4, 0.5) is 0 Å². The van der Waals surface area contributed by atoms with E-state index in [1.807, 2.05) is 50.2 Å². The number of phenols is 1. The fourth-order valence-corrected chi connectivity index (χ4v) is 3.67. The van der Waals surface area contributed by atoms with Crippen molar-refractivity contribution in [2.45, 2.75) is 60.4 Å². The summed E-state index contributed by atoms with van der Waals surface area (Å²) in [6.45, 7) is 14.3. The molecule has 0 aliphatic heterocycles. The smallest absolute Gasteiger partial charge is 1.00 e. The van der Waals surface area contributed by atoms with E-state index < -0.39 is 0 Å². The number of rotatable bonds is 4. The summed E-state index contributed by atoms with van der Waals surface area (Å²) in [6, 6.07) is 23.0. The molecule has 0 aromatic heterocycles. The van der Waals surface area contributed by atoms with E-state index in [2.05, 4.69) is 61.8 Å². The van der Waals surface area contributed by atoms with Crippen LogP contribution < -0.4 is 29.6 Å². The Kier molecular flexibility index (Phi) is 21.9. The van der Waals surface area contributed by atoms with Gasteiger partial charge in [0.1, 0.15) is 18.3 Å². The minimum absolute atomic E-state index is 0. The van der Waals surface area contributed by atoms with E-state index in [0.29, 0.717) is 11.8 Å². The zero-order valence-corrected chi connectivity index (χ0v) is 29.7. The van der Waals surface area contributed by atoms with E-state index >= 15 is 0 Å². The Hall–Kier alpha value is -2.48. The maximum atomic E-state index is 10.3. The molecule has 42 heavy (non-hydrogen) atoms. The zero-order valence-electron chi connectivity index (χ0n) is 27.2.